The van der Waals surface area contributed by atoms with Crippen molar-refractivity contribution < 1.29 is 9.53 Å². The third-order valence-electron chi connectivity index (χ3n) is 4.31. The van der Waals surface area contributed by atoms with Gasteiger partial charge in [-0.15, -0.1) is 5.10 Å². The van der Waals surface area contributed by atoms with E-state index >= 15 is 0 Å². The second-order valence-electron chi connectivity index (χ2n) is 5.98. The number of nitrogens with one attached hydrogen (secondary N) is 1. The molecule has 7 nitrogen and oxygen atoms in total. The van der Waals surface area contributed by atoms with Crippen molar-refractivity contribution in [3.63, 3.8) is 0 Å². The number of aromatic nitrogens is 4. The van der Waals surface area contributed by atoms with Crippen LogP contribution in [0.3, 0.4) is 0 Å². The summed E-state index contributed by atoms with van der Waals surface area (Å²) in [6.07, 6.45) is 6.99. The third-order valence-corrected chi connectivity index (χ3v) is 5.36. The fourth-order valence-corrected chi connectivity index (χ4v) is 3.90. The quantitative estimate of drug-likeness (QED) is 0.799. The molecular formula is C14H23N5O2S. The summed E-state index contributed by atoms with van der Waals surface area (Å²) >= 11 is 1.43. The third kappa shape index (κ3) is 3.78. The van der Waals surface area contributed by atoms with E-state index in [0.717, 1.165) is 37.4 Å². The maximum atomic E-state index is 12.2. The SMILES string of the molecule is C[C@H](Sc1nnnn1C1CCCC1)C(=O)NC[C@H]1CCCO1. The van der Waals surface area contributed by atoms with Crippen LogP contribution in [-0.4, -0.2) is 50.6 Å². The number of rotatable bonds is 6. The van der Waals surface area contributed by atoms with Gasteiger partial charge in [0, 0.05) is 13.2 Å². The highest BCUT2D eigenvalue weighted by atomic mass is 32.2. The average molecular weight is 325 g/mol. The smallest absolute Gasteiger partial charge is 0.233 e. The van der Waals surface area contributed by atoms with Crippen LogP contribution in [0.25, 0.3) is 0 Å². The fourth-order valence-electron chi connectivity index (χ4n) is 3.02. The van der Waals surface area contributed by atoms with Crippen molar-refractivity contribution in [1.29, 1.82) is 0 Å². The molecule has 1 aromatic heterocycles. The summed E-state index contributed by atoms with van der Waals surface area (Å²) in [5.74, 6) is 0.0153. The Balaban J connectivity index is 1.51. The fraction of sp³-hybridized carbons (Fsp3) is 0.857. The van der Waals surface area contributed by atoms with E-state index in [9.17, 15) is 4.79 Å². The van der Waals surface area contributed by atoms with Gasteiger partial charge in [-0.3, -0.25) is 4.79 Å². The molecule has 1 aromatic rings. The lowest BCUT2D eigenvalue weighted by atomic mass is 10.2. The van der Waals surface area contributed by atoms with E-state index in [0.29, 0.717) is 12.6 Å². The van der Waals surface area contributed by atoms with Crippen molar-refractivity contribution in [3.8, 4) is 0 Å². The molecule has 22 heavy (non-hydrogen) atoms. The van der Waals surface area contributed by atoms with E-state index < -0.39 is 0 Å². The molecule has 2 heterocycles. The lowest BCUT2D eigenvalue weighted by Gasteiger charge is -2.15. The van der Waals surface area contributed by atoms with Gasteiger partial charge in [-0.05, 0) is 43.0 Å². The van der Waals surface area contributed by atoms with E-state index in [4.69, 9.17) is 4.74 Å². The Hall–Kier alpha value is -1.15. The van der Waals surface area contributed by atoms with E-state index in [2.05, 4.69) is 20.8 Å². The van der Waals surface area contributed by atoms with Crippen LogP contribution in [0, 0.1) is 0 Å². The molecule has 0 bridgehead atoms. The van der Waals surface area contributed by atoms with Crippen molar-refractivity contribution in [2.24, 2.45) is 0 Å². The molecule has 2 atom stereocenters. The predicted molar refractivity (Wildman–Crippen MR) is 82.6 cm³/mol. The summed E-state index contributed by atoms with van der Waals surface area (Å²) in [5, 5.41) is 15.5. The maximum absolute atomic E-state index is 12.2. The molecule has 1 saturated heterocycles. The van der Waals surface area contributed by atoms with Gasteiger partial charge in [0.1, 0.15) is 0 Å². The Morgan fingerprint density at radius 2 is 2.23 bits per heavy atom. The maximum Gasteiger partial charge on any atom is 0.233 e. The van der Waals surface area contributed by atoms with Crippen molar-refractivity contribution in [3.05, 3.63) is 0 Å². The zero-order valence-electron chi connectivity index (χ0n) is 12.9. The topological polar surface area (TPSA) is 81.9 Å². The Morgan fingerprint density at radius 1 is 1.41 bits per heavy atom. The zero-order valence-corrected chi connectivity index (χ0v) is 13.7. The average Bonchev–Trinajstić information content (AvgIpc) is 3.25. The molecule has 0 radical (unpaired) electrons. The summed E-state index contributed by atoms with van der Waals surface area (Å²) in [4.78, 5) is 12.2. The van der Waals surface area contributed by atoms with Gasteiger partial charge in [-0.2, -0.15) is 0 Å². The van der Waals surface area contributed by atoms with Gasteiger partial charge < -0.3 is 10.1 Å². The molecule has 1 aliphatic heterocycles. The predicted octanol–water partition coefficient (Wildman–Crippen LogP) is 1.56. The van der Waals surface area contributed by atoms with Gasteiger partial charge in [-0.1, -0.05) is 24.6 Å². The number of nitrogens with zero attached hydrogens (tertiary/aromatic N) is 4. The number of amides is 1. The highest BCUT2D eigenvalue weighted by Crippen LogP contribution is 2.32. The van der Waals surface area contributed by atoms with Crippen molar-refractivity contribution in [2.75, 3.05) is 13.2 Å². The minimum Gasteiger partial charge on any atom is -0.376 e. The lowest BCUT2D eigenvalue weighted by Crippen LogP contribution is -2.36. The normalized spacial score (nSPS) is 23.8. The first-order valence-electron chi connectivity index (χ1n) is 8.08. The van der Waals surface area contributed by atoms with Crippen molar-refractivity contribution in [1.82, 2.24) is 25.5 Å². The number of carbonyl (C=O) groups is 1. The molecular weight excluding hydrogens is 302 g/mol. The first-order chi connectivity index (χ1) is 10.7. The number of ether oxygens (including phenoxy) is 1. The van der Waals surface area contributed by atoms with Crippen LogP contribution in [0.4, 0.5) is 0 Å². The summed E-state index contributed by atoms with van der Waals surface area (Å²) in [6, 6.07) is 0.389. The van der Waals surface area contributed by atoms with Crippen LogP contribution < -0.4 is 5.32 Å². The van der Waals surface area contributed by atoms with Crippen molar-refractivity contribution in [2.45, 2.75) is 68.0 Å². The highest BCUT2D eigenvalue weighted by Gasteiger charge is 2.25. The van der Waals surface area contributed by atoms with E-state index in [1.54, 1.807) is 0 Å². The number of hydrogen-bond acceptors (Lipinski definition) is 6. The van der Waals surface area contributed by atoms with Crippen LogP contribution >= 0.6 is 11.8 Å². The second-order valence-corrected chi connectivity index (χ2v) is 7.29. The highest BCUT2D eigenvalue weighted by molar-refractivity contribution is 8.00. The van der Waals surface area contributed by atoms with Crippen molar-refractivity contribution >= 4 is 17.7 Å². The lowest BCUT2D eigenvalue weighted by molar-refractivity contribution is -0.120. The van der Waals surface area contributed by atoms with Crippen LogP contribution in [0.5, 0.6) is 0 Å². The van der Waals surface area contributed by atoms with Gasteiger partial charge >= 0.3 is 0 Å². The zero-order chi connectivity index (χ0) is 15.4. The molecule has 2 fully saturated rings. The summed E-state index contributed by atoms with van der Waals surface area (Å²) in [6.45, 7) is 3.29. The molecule has 0 unspecified atom stereocenters. The van der Waals surface area contributed by atoms with Crippen LogP contribution in [0.15, 0.2) is 5.16 Å². The van der Waals surface area contributed by atoms with Gasteiger partial charge in [0.2, 0.25) is 11.1 Å². The molecule has 1 amide bonds. The van der Waals surface area contributed by atoms with Crippen LogP contribution in [0.2, 0.25) is 0 Å². The number of thioether (sulfide) groups is 1. The Morgan fingerprint density at radius 3 is 2.95 bits per heavy atom. The van der Waals surface area contributed by atoms with Crippen LogP contribution in [-0.2, 0) is 9.53 Å². The van der Waals surface area contributed by atoms with E-state index in [1.807, 2.05) is 11.6 Å². The number of hydrogen-bond donors (Lipinski definition) is 1. The first-order valence-corrected chi connectivity index (χ1v) is 8.96. The van der Waals surface area contributed by atoms with E-state index in [-0.39, 0.29) is 17.3 Å². The molecule has 8 heteroatoms. The molecule has 0 spiro atoms. The molecule has 122 valence electrons. The largest absolute Gasteiger partial charge is 0.376 e. The minimum atomic E-state index is -0.215. The number of carbonyl (C=O) groups excluding carboxylic acids is 1. The molecule has 0 aromatic carbocycles. The van der Waals surface area contributed by atoms with Gasteiger partial charge in [0.25, 0.3) is 0 Å². The Kier molecular flexibility index (Phi) is 5.30. The van der Waals surface area contributed by atoms with Crippen LogP contribution in [0.1, 0.15) is 51.5 Å². The summed E-state index contributed by atoms with van der Waals surface area (Å²) in [7, 11) is 0. The van der Waals surface area contributed by atoms with Gasteiger partial charge in [0.15, 0.2) is 0 Å². The Labute approximate surface area is 134 Å². The minimum absolute atomic E-state index is 0.0153. The summed E-state index contributed by atoms with van der Waals surface area (Å²) < 4.78 is 7.41. The summed E-state index contributed by atoms with van der Waals surface area (Å²) in [5.41, 5.74) is 0. The standard InChI is InChI=1S/C14H23N5O2S/c1-10(13(20)15-9-12-7-4-8-21-12)22-14-16-17-18-19(14)11-5-2-3-6-11/h10-12H,2-9H2,1H3,(H,15,20)/t10-,12+/m0/s1. The second kappa shape index (κ2) is 7.41. The molecule has 1 N–H and O–H groups in total. The Bertz CT molecular complexity index is 497. The first kappa shape index (κ1) is 15.7. The molecule has 1 aliphatic carbocycles. The molecule has 1 saturated carbocycles. The number of tetrazole rings is 1. The monoisotopic (exact) mass is 325 g/mol. The van der Waals surface area contributed by atoms with E-state index in [1.165, 1.54) is 24.6 Å². The molecule has 2 aliphatic rings. The molecule has 3 rings (SSSR count). The van der Waals surface area contributed by atoms with Gasteiger partial charge in [-0.25, -0.2) is 4.68 Å². The van der Waals surface area contributed by atoms with Gasteiger partial charge in [0.05, 0.1) is 17.4 Å².